The molecular formula is C20H23NO2. The summed E-state index contributed by atoms with van der Waals surface area (Å²) in [5.41, 5.74) is 4.52. The third kappa shape index (κ3) is 3.62. The molecule has 0 atom stereocenters. The van der Waals surface area contributed by atoms with Gasteiger partial charge in [-0.15, -0.1) is 0 Å². The summed E-state index contributed by atoms with van der Waals surface area (Å²) in [6, 6.07) is 14.3. The first-order valence-corrected chi connectivity index (χ1v) is 8.23. The van der Waals surface area contributed by atoms with Crippen LogP contribution in [0.4, 0.5) is 0 Å². The van der Waals surface area contributed by atoms with Crippen LogP contribution in [0.3, 0.4) is 0 Å². The van der Waals surface area contributed by atoms with Crippen molar-refractivity contribution in [1.82, 2.24) is 4.90 Å². The summed E-state index contributed by atoms with van der Waals surface area (Å²) in [5.74, 6) is 0.831. The van der Waals surface area contributed by atoms with E-state index in [9.17, 15) is 4.79 Å². The summed E-state index contributed by atoms with van der Waals surface area (Å²) in [5, 5.41) is 0. The van der Waals surface area contributed by atoms with E-state index >= 15 is 0 Å². The predicted octanol–water partition coefficient (Wildman–Crippen LogP) is 3.63. The van der Waals surface area contributed by atoms with Crippen molar-refractivity contribution in [2.24, 2.45) is 0 Å². The van der Waals surface area contributed by atoms with Crippen molar-refractivity contribution in [2.75, 3.05) is 19.7 Å². The maximum absolute atomic E-state index is 12.8. The van der Waals surface area contributed by atoms with Crippen LogP contribution in [0.1, 0.15) is 34.0 Å². The molecule has 0 bridgehead atoms. The molecule has 3 nitrogen and oxygen atoms in total. The number of aryl methyl sites for hydroxylation is 1. The molecule has 0 aliphatic carbocycles. The van der Waals surface area contributed by atoms with Gasteiger partial charge >= 0.3 is 0 Å². The van der Waals surface area contributed by atoms with Crippen molar-refractivity contribution >= 4 is 5.78 Å². The maximum atomic E-state index is 12.8. The standard InChI is InChI=1S/C20H23NO2/c1-3-23-20-9-8-15(2)12-18(20)19(22)14-21-11-10-16-6-4-5-7-17(16)13-21/h4-9,12H,3,10-11,13-14H2,1-2H3. The summed E-state index contributed by atoms with van der Waals surface area (Å²) in [7, 11) is 0. The number of benzene rings is 2. The average Bonchev–Trinajstić information content (AvgIpc) is 2.56. The Bertz CT molecular complexity index is 709. The van der Waals surface area contributed by atoms with Gasteiger partial charge in [0, 0.05) is 13.1 Å². The molecule has 2 aromatic rings. The van der Waals surface area contributed by atoms with Crippen LogP contribution < -0.4 is 4.74 Å². The van der Waals surface area contributed by atoms with Crippen molar-refractivity contribution in [3.05, 3.63) is 64.7 Å². The number of ether oxygens (including phenoxy) is 1. The molecule has 23 heavy (non-hydrogen) atoms. The van der Waals surface area contributed by atoms with Gasteiger partial charge in [0.1, 0.15) is 5.75 Å². The average molecular weight is 309 g/mol. The number of carbonyl (C=O) groups is 1. The topological polar surface area (TPSA) is 29.5 Å². The van der Waals surface area contributed by atoms with Crippen LogP contribution in [0.25, 0.3) is 0 Å². The quantitative estimate of drug-likeness (QED) is 0.790. The highest BCUT2D eigenvalue weighted by Gasteiger charge is 2.20. The zero-order chi connectivity index (χ0) is 16.2. The number of rotatable bonds is 5. The summed E-state index contributed by atoms with van der Waals surface area (Å²) in [4.78, 5) is 15.0. The highest BCUT2D eigenvalue weighted by Crippen LogP contribution is 2.23. The molecule has 2 aromatic carbocycles. The van der Waals surface area contributed by atoms with Crippen LogP contribution in [-0.2, 0) is 13.0 Å². The smallest absolute Gasteiger partial charge is 0.180 e. The molecule has 0 N–H and O–H groups in total. The van der Waals surface area contributed by atoms with Crippen LogP contribution in [-0.4, -0.2) is 30.4 Å². The van der Waals surface area contributed by atoms with E-state index in [1.54, 1.807) is 0 Å². The zero-order valence-electron chi connectivity index (χ0n) is 13.8. The van der Waals surface area contributed by atoms with E-state index in [-0.39, 0.29) is 5.78 Å². The van der Waals surface area contributed by atoms with Gasteiger partial charge in [0.05, 0.1) is 18.7 Å². The molecule has 0 spiro atoms. The molecule has 1 aliphatic heterocycles. The van der Waals surface area contributed by atoms with E-state index < -0.39 is 0 Å². The van der Waals surface area contributed by atoms with Crippen LogP contribution in [0.2, 0.25) is 0 Å². The Morgan fingerprint density at radius 2 is 1.96 bits per heavy atom. The van der Waals surface area contributed by atoms with E-state index in [0.717, 1.165) is 25.1 Å². The number of Topliss-reactive ketones (excluding diaryl/α,β-unsaturated/α-hetero) is 1. The summed E-state index contributed by atoms with van der Waals surface area (Å²) < 4.78 is 5.62. The van der Waals surface area contributed by atoms with Gasteiger partial charge in [-0.25, -0.2) is 0 Å². The fourth-order valence-corrected chi connectivity index (χ4v) is 3.12. The molecular weight excluding hydrogens is 286 g/mol. The number of carbonyl (C=O) groups excluding carboxylic acids is 1. The Balaban J connectivity index is 1.74. The van der Waals surface area contributed by atoms with Crippen molar-refractivity contribution in [2.45, 2.75) is 26.8 Å². The monoisotopic (exact) mass is 309 g/mol. The molecule has 3 heteroatoms. The second-order valence-corrected chi connectivity index (χ2v) is 6.09. The molecule has 0 radical (unpaired) electrons. The van der Waals surface area contributed by atoms with Crippen molar-refractivity contribution in [1.29, 1.82) is 0 Å². The maximum Gasteiger partial charge on any atom is 0.180 e. The van der Waals surface area contributed by atoms with Crippen LogP contribution in [0.15, 0.2) is 42.5 Å². The van der Waals surface area contributed by atoms with Gasteiger partial charge in [0.2, 0.25) is 0 Å². The van der Waals surface area contributed by atoms with Crippen LogP contribution >= 0.6 is 0 Å². The fraction of sp³-hybridized carbons (Fsp3) is 0.350. The predicted molar refractivity (Wildman–Crippen MR) is 92.1 cm³/mol. The lowest BCUT2D eigenvalue weighted by molar-refractivity contribution is 0.0917. The van der Waals surface area contributed by atoms with Gasteiger partial charge in [0.15, 0.2) is 5.78 Å². The summed E-state index contributed by atoms with van der Waals surface area (Å²) in [6.07, 6.45) is 1.01. The first kappa shape index (κ1) is 15.8. The van der Waals surface area contributed by atoms with Crippen LogP contribution in [0.5, 0.6) is 5.75 Å². The second-order valence-electron chi connectivity index (χ2n) is 6.09. The molecule has 3 rings (SSSR count). The minimum atomic E-state index is 0.136. The number of hydrogen-bond donors (Lipinski definition) is 0. The molecule has 0 fully saturated rings. The SMILES string of the molecule is CCOc1ccc(C)cc1C(=O)CN1CCc2ccccc2C1. The molecule has 0 amide bonds. The number of nitrogens with zero attached hydrogens (tertiary/aromatic N) is 1. The molecule has 0 aromatic heterocycles. The van der Waals surface area contributed by atoms with Gasteiger partial charge in [0.25, 0.3) is 0 Å². The van der Waals surface area contributed by atoms with E-state index in [1.165, 1.54) is 11.1 Å². The number of fused-ring (bicyclic) bond motifs is 1. The van der Waals surface area contributed by atoms with E-state index in [0.29, 0.717) is 24.5 Å². The Labute approximate surface area is 137 Å². The van der Waals surface area contributed by atoms with Gasteiger partial charge in [-0.2, -0.15) is 0 Å². The minimum absolute atomic E-state index is 0.136. The molecule has 0 unspecified atom stereocenters. The van der Waals surface area contributed by atoms with Crippen LogP contribution in [0, 0.1) is 6.92 Å². The second kappa shape index (κ2) is 6.97. The fourth-order valence-electron chi connectivity index (χ4n) is 3.12. The minimum Gasteiger partial charge on any atom is -0.493 e. The lowest BCUT2D eigenvalue weighted by atomic mass is 9.99. The van der Waals surface area contributed by atoms with Gasteiger partial charge < -0.3 is 4.74 Å². The van der Waals surface area contributed by atoms with Crippen molar-refractivity contribution in [3.63, 3.8) is 0 Å². The highest BCUT2D eigenvalue weighted by atomic mass is 16.5. The number of hydrogen-bond acceptors (Lipinski definition) is 3. The third-order valence-electron chi connectivity index (χ3n) is 4.31. The van der Waals surface area contributed by atoms with E-state index in [4.69, 9.17) is 4.74 Å². The largest absolute Gasteiger partial charge is 0.493 e. The van der Waals surface area contributed by atoms with Gasteiger partial charge in [-0.1, -0.05) is 35.9 Å². The first-order chi connectivity index (χ1) is 11.2. The molecule has 1 aliphatic rings. The van der Waals surface area contributed by atoms with E-state index in [2.05, 4.69) is 29.2 Å². The third-order valence-corrected chi connectivity index (χ3v) is 4.31. The zero-order valence-corrected chi connectivity index (χ0v) is 13.8. The van der Waals surface area contributed by atoms with Crippen molar-refractivity contribution in [3.8, 4) is 5.75 Å². The lowest BCUT2D eigenvalue weighted by Crippen LogP contribution is -2.35. The first-order valence-electron chi connectivity index (χ1n) is 8.23. The Hall–Kier alpha value is -2.13. The number of ketones is 1. The summed E-state index contributed by atoms with van der Waals surface area (Å²) in [6.45, 7) is 6.73. The summed E-state index contributed by atoms with van der Waals surface area (Å²) >= 11 is 0. The van der Waals surface area contributed by atoms with Gasteiger partial charge in [-0.3, -0.25) is 9.69 Å². The lowest BCUT2D eigenvalue weighted by Gasteiger charge is -2.28. The Kier molecular flexibility index (Phi) is 4.77. The van der Waals surface area contributed by atoms with E-state index in [1.807, 2.05) is 32.0 Å². The molecule has 0 saturated heterocycles. The molecule has 1 heterocycles. The molecule has 0 saturated carbocycles. The van der Waals surface area contributed by atoms with Crippen molar-refractivity contribution < 1.29 is 9.53 Å². The Morgan fingerprint density at radius 3 is 2.74 bits per heavy atom. The Morgan fingerprint density at radius 1 is 1.17 bits per heavy atom. The normalized spacial score (nSPS) is 14.3. The van der Waals surface area contributed by atoms with Gasteiger partial charge in [-0.05, 0) is 43.5 Å². The highest BCUT2D eigenvalue weighted by molar-refractivity contribution is 6.00. The molecule has 120 valence electrons.